The molecule has 0 atom stereocenters. The number of aromatic nitrogens is 3. The van der Waals surface area contributed by atoms with E-state index in [1.54, 1.807) is 49.4 Å². The van der Waals surface area contributed by atoms with E-state index in [2.05, 4.69) is 25.5 Å². The van der Waals surface area contributed by atoms with Crippen LogP contribution >= 0.6 is 11.8 Å². The fourth-order valence-corrected chi connectivity index (χ4v) is 4.80. The molecule has 9 nitrogen and oxygen atoms in total. The Morgan fingerprint density at radius 2 is 1.88 bits per heavy atom. The third-order valence-electron chi connectivity index (χ3n) is 5.67. The number of anilines is 1. The smallest absolute Gasteiger partial charge is 0.280 e. The van der Waals surface area contributed by atoms with Gasteiger partial charge in [0.2, 0.25) is 5.95 Å². The van der Waals surface area contributed by atoms with Crippen molar-refractivity contribution in [1.82, 2.24) is 15.0 Å². The van der Waals surface area contributed by atoms with Crippen molar-refractivity contribution < 1.29 is 13.5 Å². The van der Waals surface area contributed by atoms with E-state index in [4.69, 9.17) is 4.74 Å². The highest BCUT2D eigenvalue weighted by molar-refractivity contribution is 7.98. The minimum atomic E-state index is -2.75. The van der Waals surface area contributed by atoms with Crippen molar-refractivity contribution >= 4 is 23.9 Å². The Hall–Kier alpha value is -5.07. The van der Waals surface area contributed by atoms with Gasteiger partial charge in [0.15, 0.2) is 0 Å². The number of hydrogen-bond acceptors (Lipinski definition) is 9. The number of hydrogen-bond donors (Lipinski definition) is 2. The zero-order valence-electron chi connectivity index (χ0n) is 21.3. The molecule has 4 aromatic rings. The highest BCUT2D eigenvalue weighted by Crippen LogP contribution is 2.32. The van der Waals surface area contributed by atoms with Gasteiger partial charge < -0.3 is 4.74 Å². The Balaban J connectivity index is 1.56. The highest BCUT2D eigenvalue weighted by Gasteiger charge is 2.17. The maximum Gasteiger partial charge on any atom is 0.280 e. The normalized spacial score (nSPS) is 10.9. The van der Waals surface area contributed by atoms with Crippen LogP contribution in [0.3, 0.4) is 0 Å². The van der Waals surface area contributed by atoms with Crippen LogP contribution in [0.25, 0.3) is 11.3 Å². The summed E-state index contributed by atoms with van der Waals surface area (Å²) in [5, 5.41) is 23.3. The lowest BCUT2D eigenvalue weighted by atomic mass is 10.1. The van der Waals surface area contributed by atoms with Crippen molar-refractivity contribution in [2.45, 2.75) is 24.1 Å². The predicted molar refractivity (Wildman–Crippen MR) is 147 cm³/mol. The minimum Gasteiger partial charge on any atom is -0.496 e. The Bertz CT molecular complexity index is 1710. The van der Waals surface area contributed by atoms with Crippen LogP contribution in [0.4, 0.5) is 14.7 Å². The number of alkyl halides is 2. The monoisotopic (exact) mass is 557 g/mol. The summed E-state index contributed by atoms with van der Waals surface area (Å²) in [6, 6.07) is 19.3. The molecule has 0 spiro atoms. The van der Waals surface area contributed by atoms with Gasteiger partial charge in [0, 0.05) is 16.9 Å². The van der Waals surface area contributed by atoms with Crippen molar-refractivity contribution in [1.29, 1.82) is 10.5 Å². The van der Waals surface area contributed by atoms with Crippen LogP contribution in [0.2, 0.25) is 0 Å². The van der Waals surface area contributed by atoms with Crippen LogP contribution in [-0.4, -0.2) is 28.3 Å². The first-order chi connectivity index (χ1) is 19.3. The summed E-state index contributed by atoms with van der Waals surface area (Å²) in [6.45, 7) is 1.60. The number of methoxy groups -OCH3 is 1. The lowest BCUT2D eigenvalue weighted by Gasteiger charge is -2.12. The molecule has 2 heterocycles. The van der Waals surface area contributed by atoms with Crippen molar-refractivity contribution in [3.05, 3.63) is 98.5 Å². The molecule has 0 amide bonds. The topological polar surface area (TPSA) is 140 Å². The summed E-state index contributed by atoms with van der Waals surface area (Å²) in [7, 11) is 1.51. The van der Waals surface area contributed by atoms with Gasteiger partial charge in [-0.25, -0.2) is 24.2 Å². The minimum absolute atomic E-state index is 0.0489. The number of pyridine rings is 1. The number of aryl methyl sites for hydroxylation is 1. The van der Waals surface area contributed by atoms with Gasteiger partial charge in [-0.05, 0) is 42.3 Å². The van der Waals surface area contributed by atoms with E-state index in [9.17, 15) is 24.1 Å². The number of hydrazone groups is 1. The average molecular weight is 558 g/mol. The lowest BCUT2D eigenvalue weighted by Crippen LogP contribution is -2.16. The molecule has 4 rings (SSSR count). The molecule has 0 unspecified atom stereocenters. The number of nitrogens with zero attached hydrogens (tertiary/aromatic N) is 5. The van der Waals surface area contributed by atoms with Gasteiger partial charge in [-0.1, -0.05) is 30.3 Å². The maximum atomic E-state index is 13.3. The molecule has 0 aliphatic carbocycles. The van der Waals surface area contributed by atoms with E-state index in [1.807, 2.05) is 18.2 Å². The number of H-pyrrole nitrogens is 1. The fourth-order valence-electron chi connectivity index (χ4n) is 3.76. The lowest BCUT2D eigenvalue weighted by molar-refractivity contribution is 0.145. The molecule has 200 valence electrons. The fraction of sp³-hybridized carbons (Fsp3) is 0.143. The summed E-state index contributed by atoms with van der Waals surface area (Å²) in [4.78, 5) is 23.3. The van der Waals surface area contributed by atoms with Crippen LogP contribution in [0, 0.1) is 29.6 Å². The second-order valence-corrected chi connectivity index (χ2v) is 9.27. The molecule has 2 aromatic heterocycles. The number of ether oxygens (including phenoxy) is 1. The molecule has 2 aromatic carbocycles. The summed E-state index contributed by atoms with van der Waals surface area (Å²) >= 11 is 1.15. The van der Waals surface area contributed by atoms with Crippen LogP contribution in [-0.2, 0) is 5.75 Å². The van der Waals surface area contributed by atoms with Crippen LogP contribution in [0.1, 0.15) is 39.9 Å². The molecule has 0 bridgehead atoms. The first-order valence-corrected chi connectivity index (χ1v) is 12.7. The molecule has 0 fully saturated rings. The third kappa shape index (κ3) is 6.31. The molecule has 0 saturated heterocycles. The number of thioether (sulfide) groups is 1. The Kier molecular flexibility index (Phi) is 8.84. The van der Waals surface area contributed by atoms with Gasteiger partial charge in [0.25, 0.3) is 12.0 Å². The van der Waals surface area contributed by atoms with Crippen LogP contribution in [0.5, 0.6) is 5.75 Å². The molecule has 12 heteroatoms. The first kappa shape index (κ1) is 28.0. The van der Waals surface area contributed by atoms with E-state index in [1.165, 1.54) is 19.4 Å². The number of rotatable bonds is 9. The summed E-state index contributed by atoms with van der Waals surface area (Å²) in [5.74, 6) is 0.896. The number of nitrogens with one attached hydrogen (secondary N) is 2. The Labute approximate surface area is 232 Å². The van der Waals surface area contributed by atoms with E-state index < -0.39 is 12.0 Å². The summed E-state index contributed by atoms with van der Waals surface area (Å²) < 4.78 is 32.0. The second kappa shape index (κ2) is 12.7. The van der Waals surface area contributed by atoms with Gasteiger partial charge in [-0.2, -0.15) is 15.6 Å². The van der Waals surface area contributed by atoms with Gasteiger partial charge in [-0.3, -0.25) is 9.78 Å². The average Bonchev–Trinajstić information content (AvgIpc) is 2.96. The molecule has 0 radical (unpaired) electrons. The molecule has 0 saturated carbocycles. The number of aromatic amines is 1. The van der Waals surface area contributed by atoms with Gasteiger partial charge >= 0.3 is 0 Å². The van der Waals surface area contributed by atoms with Crippen molar-refractivity contribution in [3.8, 4) is 29.1 Å². The second-order valence-electron chi connectivity index (χ2n) is 8.30. The molecule has 2 N–H and O–H groups in total. The summed E-state index contributed by atoms with van der Waals surface area (Å²) in [6.07, 6.45) is -1.26. The Morgan fingerprint density at radius 1 is 1.12 bits per heavy atom. The number of nitriles is 2. The van der Waals surface area contributed by atoms with Crippen LogP contribution < -0.4 is 15.7 Å². The standard InChI is InChI=1S/C28H21F2N7O2S/c1-16-10-22(25(29)30)34-27(20(16)12-31)40-15-19-11-17(8-9-23(19)39-2)14-33-37-28-35-24(18-6-4-3-5-7-18)21(13-32)26(38)36-28/h3-11,14,25H,15H2,1-2H3,(H2,35,36,37,38). The number of halogens is 2. The number of benzene rings is 2. The van der Waals surface area contributed by atoms with Crippen molar-refractivity contribution in [2.24, 2.45) is 5.10 Å². The van der Waals surface area contributed by atoms with Gasteiger partial charge in [0.1, 0.15) is 34.2 Å². The predicted octanol–water partition coefficient (Wildman–Crippen LogP) is 5.57. The zero-order valence-corrected chi connectivity index (χ0v) is 22.1. The molecular weight excluding hydrogens is 536 g/mol. The van der Waals surface area contributed by atoms with E-state index in [0.717, 1.165) is 17.3 Å². The van der Waals surface area contributed by atoms with Crippen LogP contribution in [0.15, 0.2) is 69.5 Å². The Morgan fingerprint density at radius 3 is 2.55 bits per heavy atom. The van der Waals surface area contributed by atoms with Gasteiger partial charge in [-0.15, -0.1) is 11.8 Å². The molecular formula is C28H21F2N7O2S. The SMILES string of the molecule is COc1ccc(C=NNc2nc(-c3ccccc3)c(C#N)c(=O)[nH]2)cc1CSc1nc(C(F)F)cc(C)c1C#N. The quantitative estimate of drug-likeness (QED) is 0.155. The van der Waals surface area contributed by atoms with E-state index >= 15 is 0 Å². The highest BCUT2D eigenvalue weighted by atomic mass is 32.2. The summed E-state index contributed by atoms with van der Waals surface area (Å²) in [5.41, 5.74) is 4.47. The van der Waals surface area contributed by atoms with Gasteiger partial charge in [0.05, 0.1) is 24.6 Å². The molecule has 0 aliphatic rings. The van der Waals surface area contributed by atoms with Crippen molar-refractivity contribution in [2.75, 3.05) is 12.5 Å². The molecule has 40 heavy (non-hydrogen) atoms. The third-order valence-corrected chi connectivity index (χ3v) is 6.69. The maximum absolute atomic E-state index is 13.3. The largest absolute Gasteiger partial charge is 0.496 e. The van der Waals surface area contributed by atoms with E-state index in [0.29, 0.717) is 22.4 Å². The molecule has 0 aliphatic heterocycles. The van der Waals surface area contributed by atoms with Crippen molar-refractivity contribution in [3.63, 3.8) is 0 Å². The van der Waals surface area contributed by atoms with E-state index in [-0.39, 0.29) is 39.2 Å². The first-order valence-electron chi connectivity index (χ1n) is 11.7. The zero-order chi connectivity index (χ0) is 28.6.